The van der Waals surface area contributed by atoms with E-state index in [2.05, 4.69) is 29.3 Å². The van der Waals surface area contributed by atoms with Crippen LogP contribution in [-0.4, -0.2) is 14.5 Å². The second-order valence-corrected chi connectivity index (χ2v) is 6.25. The first-order chi connectivity index (χ1) is 12.6. The van der Waals surface area contributed by atoms with E-state index in [1.807, 2.05) is 47.9 Å². The second-order valence-electron chi connectivity index (χ2n) is 6.25. The number of aryl methyl sites for hydroxylation is 2. The number of aromatic hydroxyl groups is 1. The van der Waals surface area contributed by atoms with E-state index in [0.717, 1.165) is 22.5 Å². The summed E-state index contributed by atoms with van der Waals surface area (Å²) < 4.78 is 1.93. The van der Waals surface area contributed by atoms with Gasteiger partial charge in [0.1, 0.15) is 17.1 Å². The van der Waals surface area contributed by atoms with Crippen molar-refractivity contribution >= 4 is 17.2 Å². The summed E-state index contributed by atoms with van der Waals surface area (Å²) in [5.41, 5.74) is 5.37. The van der Waals surface area contributed by atoms with E-state index in [9.17, 15) is 5.11 Å². The predicted octanol–water partition coefficient (Wildman–Crippen LogP) is 5.74. The van der Waals surface area contributed by atoms with Crippen molar-refractivity contribution in [3.63, 3.8) is 0 Å². The van der Waals surface area contributed by atoms with Crippen LogP contribution in [0.5, 0.6) is 5.75 Å². The Morgan fingerprint density at radius 1 is 0.923 bits per heavy atom. The van der Waals surface area contributed by atoms with Crippen LogP contribution in [0.2, 0.25) is 0 Å². The normalized spacial score (nSPS) is 11.5. The number of aromatic nitrogens is 2. The van der Waals surface area contributed by atoms with Crippen LogP contribution in [-0.2, 0) is 0 Å². The average molecular weight is 342 g/mol. The zero-order valence-corrected chi connectivity index (χ0v) is 14.6. The van der Waals surface area contributed by atoms with Gasteiger partial charge in [-0.2, -0.15) is 0 Å². The molecule has 0 atom stereocenters. The quantitative estimate of drug-likeness (QED) is 0.483. The highest BCUT2D eigenvalue weighted by Gasteiger charge is 2.13. The molecule has 0 spiro atoms. The number of phenolic OH excluding ortho intramolecular Hbond substituents is 1. The fraction of sp³-hybridized carbons (Fsp3) is 0.0952. The van der Waals surface area contributed by atoms with Crippen molar-refractivity contribution in [2.24, 2.45) is 10.2 Å². The van der Waals surface area contributed by atoms with Crippen molar-refractivity contribution in [1.82, 2.24) is 9.38 Å². The molecule has 4 aromatic rings. The molecule has 128 valence electrons. The molecule has 1 N–H and O–H groups in total. The molecule has 0 aliphatic rings. The number of azo groups is 1. The minimum atomic E-state index is 0.219. The Balaban J connectivity index is 1.86. The van der Waals surface area contributed by atoms with Gasteiger partial charge >= 0.3 is 0 Å². The molecule has 0 radical (unpaired) electrons. The molecule has 0 unspecified atom stereocenters. The maximum Gasteiger partial charge on any atom is 0.187 e. The number of imidazole rings is 1. The summed E-state index contributed by atoms with van der Waals surface area (Å²) in [5, 5.41) is 18.5. The van der Waals surface area contributed by atoms with Crippen molar-refractivity contribution in [2.75, 3.05) is 0 Å². The van der Waals surface area contributed by atoms with Gasteiger partial charge in [0.15, 0.2) is 5.82 Å². The number of nitrogens with zero attached hydrogens (tertiary/aromatic N) is 4. The van der Waals surface area contributed by atoms with E-state index in [0.29, 0.717) is 11.5 Å². The van der Waals surface area contributed by atoms with Crippen LogP contribution in [0.25, 0.3) is 16.9 Å². The first kappa shape index (κ1) is 16.0. The van der Waals surface area contributed by atoms with Gasteiger partial charge in [-0.05, 0) is 49.7 Å². The van der Waals surface area contributed by atoms with Crippen molar-refractivity contribution in [2.45, 2.75) is 13.8 Å². The van der Waals surface area contributed by atoms with Crippen LogP contribution in [0.1, 0.15) is 11.1 Å². The summed E-state index contributed by atoms with van der Waals surface area (Å²) in [6.07, 6.45) is 1.93. The van der Waals surface area contributed by atoms with Gasteiger partial charge in [-0.25, -0.2) is 4.98 Å². The lowest BCUT2D eigenvalue weighted by Crippen LogP contribution is -1.82. The average Bonchev–Trinajstić information content (AvgIpc) is 3.00. The fourth-order valence-corrected chi connectivity index (χ4v) is 2.84. The van der Waals surface area contributed by atoms with Crippen LogP contribution in [0.15, 0.2) is 77.1 Å². The number of fused-ring (bicyclic) bond motifs is 1. The highest BCUT2D eigenvalue weighted by molar-refractivity contribution is 5.74. The minimum Gasteiger partial charge on any atom is -0.508 e. The number of hydrogen-bond donors (Lipinski definition) is 1. The molecule has 0 bridgehead atoms. The first-order valence-corrected chi connectivity index (χ1v) is 8.37. The highest BCUT2D eigenvalue weighted by Crippen LogP contribution is 2.33. The number of hydrogen-bond acceptors (Lipinski definition) is 4. The molecule has 5 heteroatoms. The topological polar surface area (TPSA) is 62.2 Å². The first-order valence-electron chi connectivity index (χ1n) is 8.37. The molecule has 0 saturated carbocycles. The summed E-state index contributed by atoms with van der Waals surface area (Å²) in [5.74, 6) is 0.897. The third kappa shape index (κ3) is 2.95. The van der Waals surface area contributed by atoms with E-state index in [1.54, 1.807) is 18.2 Å². The summed E-state index contributed by atoms with van der Waals surface area (Å²) >= 11 is 0. The van der Waals surface area contributed by atoms with Gasteiger partial charge in [0.25, 0.3) is 0 Å². The molecule has 5 nitrogen and oxygen atoms in total. The second kappa shape index (κ2) is 6.44. The van der Waals surface area contributed by atoms with Gasteiger partial charge in [-0.1, -0.05) is 35.9 Å². The molecule has 2 aromatic carbocycles. The van der Waals surface area contributed by atoms with Crippen LogP contribution in [0, 0.1) is 13.8 Å². The van der Waals surface area contributed by atoms with Gasteiger partial charge in [0.05, 0.1) is 5.69 Å². The molecular formula is C21H18N4O. The number of benzene rings is 2. The van der Waals surface area contributed by atoms with Gasteiger partial charge in [-0.3, -0.25) is 4.40 Å². The summed E-state index contributed by atoms with van der Waals surface area (Å²) in [6, 6.07) is 19.1. The van der Waals surface area contributed by atoms with E-state index < -0.39 is 0 Å². The molecule has 4 rings (SSSR count). The Morgan fingerprint density at radius 2 is 1.73 bits per heavy atom. The molecule has 0 saturated heterocycles. The zero-order chi connectivity index (χ0) is 18.1. The van der Waals surface area contributed by atoms with Crippen LogP contribution in [0.3, 0.4) is 0 Å². The number of phenols is 1. The monoisotopic (exact) mass is 342 g/mol. The van der Waals surface area contributed by atoms with Gasteiger partial charge in [0.2, 0.25) is 0 Å². The van der Waals surface area contributed by atoms with E-state index in [4.69, 9.17) is 4.98 Å². The molecule has 2 heterocycles. The fourth-order valence-electron chi connectivity index (χ4n) is 2.84. The van der Waals surface area contributed by atoms with Crippen LogP contribution >= 0.6 is 0 Å². The lowest BCUT2D eigenvalue weighted by atomic mass is 10.1. The lowest BCUT2D eigenvalue weighted by molar-refractivity contribution is 0.475. The van der Waals surface area contributed by atoms with Gasteiger partial charge in [0, 0.05) is 11.8 Å². The van der Waals surface area contributed by atoms with E-state index in [1.165, 1.54) is 5.56 Å². The molecule has 2 aromatic heterocycles. The number of pyridine rings is 1. The van der Waals surface area contributed by atoms with E-state index in [-0.39, 0.29) is 5.75 Å². The molecule has 0 amide bonds. The van der Waals surface area contributed by atoms with Gasteiger partial charge < -0.3 is 5.11 Å². The summed E-state index contributed by atoms with van der Waals surface area (Å²) in [7, 11) is 0. The maximum absolute atomic E-state index is 9.56. The minimum absolute atomic E-state index is 0.219. The standard InChI is InChI=1S/C21H18N4O/c1-14-6-8-16(9-7-14)20-21(25-12-4-3-5-19(25)22-20)24-23-18-11-10-17(26)13-15(18)2/h3-13,26H,1-2H3. The third-order valence-electron chi connectivity index (χ3n) is 4.26. The van der Waals surface area contributed by atoms with Crippen molar-refractivity contribution in [1.29, 1.82) is 0 Å². The highest BCUT2D eigenvalue weighted by atomic mass is 16.3. The van der Waals surface area contributed by atoms with Crippen molar-refractivity contribution in [3.05, 3.63) is 78.0 Å². The van der Waals surface area contributed by atoms with Crippen LogP contribution < -0.4 is 0 Å². The molecule has 26 heavy (non-hydrogen) atoms. The third-order valence-corrected chi connectivity index (χ3v) is 4.26. The Bertz CT molecular complexity index is 1110. The van der Waals surface area contributed by atoms with Crippen molar-refractivity contribution < 1.29 is 5.11 Å². The smallest absolute Gasteiger partial charge is 0.187 e. The summed E-state index contributed by atoms with van der Waals surface area (Å²) in [6.45, 7) is 3.95. The van der Waals surface area contributed by atoms with E-state index >= 15 is 0 Å². The molecule has 0 aliphatic heterocycles. The Kier molecular flexibility index (Phi) is 3.97. The summed E-state index contributed by atoms with van der Waals surface area (Å²) in [4.78, 5) is 4.73. The van der Waals surface area contributed by atoms with Crippen molar-refractivity contribution in [3.8, 4) is 17.0 Å². The van der Waals surface area contributed by atoms with Crippen LogP contribution in [0.4, 0.5) is 11.5 Å². The lowest BCUT2D eigenvalue weighted by Gasteiger charge is -2.02. The Morgan fingerprint density at radius 3 is 2.50 bits per heavy atom. The molecular weight excluding hydrogens is 324 g/mol. The largest absolute Gasteiger partial charge is 0.508 e. The predicted molar refractivity (Wildman–Crippen MR) is 102 cm³/mol. The SMILES string of the molecule is Cc1ccc(-c2nc3ccccn3c2N=Nc2ccc(O)cc2C)cc1. The maximum atomic E-state index is 9.56. The Hall–Kier alpha value is -3.47. The Labute approximate surface area is 151 Å². The molecule has 0 aliphatic carbocycles. The molecule has 0 fully saturated rings. The van der Waals surface area contributed by atoms with Gasteiger partial charge in [-0.15, -0.1) is 10.2 Å². The number of rotatable bonds is 3. The zero-order valence-electron chi connectivity index (χ0n) is 14.6.